The van der Waals surface area contributed by atoms with Crippen molar-refractivity contribution in [3.8, 4) is 0 Å². The van der Waals surface area contributed by atoms with Crippen LogP contribution in [-0.4, -0.2) is 35.0 Å². The molecule has 0 radical (unpaired) electrons. The minimum absolute atomic E-state index is 0.134. The van der Waals surface area contributed by atoms with Crippen molar-refractivity contribution in [2.24, 2.45) is 0 Å². The molecule has 0 fully saturated rings. The van der Waals surface area contributed by atoms with Crippen molar-refractivity contribution in [1.29, 1.82) is 0 Å². The zero-order valence-corrected chi connectivity index (χ0v) is 13.0. The maximum atomic E-state index is 12.2. The van der Waals surface area contributed by atoms with Crippen molar-refractivity contribution in [3.05, 3.63) is 59.5 Å². The minimum atomic E-state index is -0.302. The van der Waals surface area contributed by atoms with Gasteiger partial charge in [-0.1, -0.05) is 12.1 Å². The summed E-state index contributed by atoms with van der Waals surface area (Å²) in [7, 11) is 0. The summed E-state index contributed by atoms with van der Waals surface area (Å²) in [5.41, 5.74) is 0.854. The second kappa shape index (κ2) is 6.62. The number of nitrogens with one attached hydrogen (secondary N) is 1. The maximum absolute atomic E-state index is 12.2. The van der Waals surface area contributed by atoms with E-state index in [9.17, 15) is 9.59 Å². The van der Waals surface area contributed by atoms with Crippen LogP contribution in [0.3, 0.4) is 0 Å². The van der Waals surface area contributed by atoms with E-state index in [0.29, 0.717) is 17.7 Å². The monoisotopic (exact) mass is 330 g/mol. The average molecular weight is 330 g/mol. The summed E-state index contributed by atoms with van der Waals surface area (Å²) >= 11 is 5.03. The maximum Gasteiger partial charge on any atom is 0.261 e. The number of hydrogen-bond acceptors (Lipinski definition) is 5. The Kier molecular flexibility index (Phi) is 4.38. The van der Waals surface area contributed by atoms with Crippen LogP contribution in [0, 0.1) is 0 Å². The molecule has 0 unspecified atom stereocenters. The number of benzene rings is 1. The molecule has 0 atom stereocenters. The highest BCUT2D eigenvalue weighted by Crippen LogP contribution is 2.21. The Bertz CT molecular complexity index is 707. The number of rotatable bonds is 5. The number of thiocarbonyl (C=S) groups is 1. The van der Waals surface area contributed by atoms with E-state index < -0.39 is 0 Å². The fourth-order valence-corrected chi connectivity index (χ4v) is 2.45. The Morgan fingerprint density at radius 3 is 2.43 bits per heavy atom. The van der Waals surface area contributed by atoms with Crippen LogP contribution in [-0.2, 0) is 11.3 Å². The zero-order chi connectivity index (χ0) is 16.2. The number of fused-ring (bicyclic) bond motifs is 1. The third kappa shape index (κ3) is 3.24. The number of nitrogens with zero attached hydrogens (tertiary/aromatic N) is 1. The first-order chi connectivity index (χ1) is 11.2. The lowest BCUT2D eigenvalue weighted by atomic mass is 10.1. The van der Waals surface area contributed by atoms with E-state index in [1.54, 1.807) is 36.6 Å². The first-order valence-electron chi connectivity index (χ1n) is 7.05. The molecular formula is C16H14N2O4S. The highest BCUT2D eigenvalue weighted by Gasteiger charge is 2.34. The lowest BCUT2D eigenvalue weighted by molar-refractivity contribution is 0.0628. The minimum Gasteiger partial charge on any atom is -0.469 e. The second-order valence-corrected chi connectivity index (χ2v) is 5.25. The summed E-state index contributed by atoms with van der Waals surface area (Å²) in [5, 5.41) is 3.07. The summed E-state index contributed by atoms with van der Waals surface area (Å²) in [6.45, 7) is 0.698. The van der Waals surface area contributed by atoms with E-state index in [-0.39, 0.29) is 30.1 Å². The summed E-state index contributed by atoms with van der Waals surface area (Å²) in [6, 6.07) is 10.4. The van der Waals surface area contributed by atoms with Gasteiger partial charge in [-0.2, -0.15) is 0 Å². The molecule has 1 aliphatic rings. The molecular weight excluding hydrogens is 316 g/mol. The predicted octanol–water partition coefficient (Wildman–Crippen LogP) is 1.97. The van der Waals surface area contributed by atoms with Crippen LogP contribution >= 0.6 is 12.2 Å². The lowest BCUT2D eigenvalue weighted by Crippen LogP contribution is -2.34. The number of ether oxygens (including phenoxy) is 1. The number of furan rings is 1. The smallest absolute Gasteiger partial charge is 0.261 e. The number of amides is 2. The van der Waals surface area contributed by atoms with E-state index in [1.807, 2.05) is 6.07 Å². The molecule has 7 heteroatoms. The van der Waals surface area contributed by atoms with Gasteiger partial charge in [-0.25, -0.2) is 0 Å². The molecule has 0 spiro atoms. The SMILES string of the molecule is O=C1c2ccccc2C(=O)N1CCOC(=S)NCc1ccco1. The number of imide groups is 1. The summed E-state index contributed by atoms with van der Waals surface area (Å²) < 4.78 is 10.5. The van der Waals surface area contributed by atoms with Gasteiger partial charge in [0.05, 0.1) is 30.5 Å². The molecule has 1 N–H and O–H groups in total. The van der Waals surface area contributed by atoms with Crippen LogP contribution in [0.5, 0.6) is 0 Å². The van der Waals surface area contributed by atoms with Gasteiger partial charge >= 0.3 is 0 Å². The quantitative estimate of drug-likeness (QED) is 0.667. The molecule has 0 aliphatic carbocycles. The molecule has 3 rings (SSSR count). The highest BCUT2D eigenvalue weighted by atomic mass is 32.1. The van der Waals surface area contributed by atoms with Gasteiger partial charge in [-0.15, -0.1) is 0 Å². The van der Waals surface area contributed by atoms with Crippen LogP contribution in [0.1, 0.15) is 26.5 Å². The van der Waals surface area contributed by atoms with Gasteiger partial charge in [0, 0.05) is 0 Å². The fraction of sp³-hybridized carbons (Fsp3) is 0.188. The molecule has 0 saturated carbocycles. The largest absolute Gasteiger partial charge is 0.469 e. The average Bonchev–Trinajstić information content (AvgIpc) is 3.16. The van der Waals surface area contributed by atoms with Gasteiger partial charge in [0.15, 0.2) is 0 Å². The number of carbonyl (C=O) groups excluding carboxylic acids is 2. The van der Waals surface area contributed by atoms with Crippen LogP contribution in [0.4, 0.5) is 0 Å². The van der Waals surface area contributed by atoms with Crippen molar-refractivity contribution in [3.63, 3.8) is 0 Å². The van der Waals surface area contributed by atoms with Crippen molar-refractivity contribution in [2.45, 2.75) is 6.54 Å². The van der Waals surface area contributed by atoms with E-state index in [1.165, 1.54) is 4.90 Å². The molecule has 0 bridgehead atoms. The van der Waals surface area contributed by atoms with Gasteiger partial charge in [0.1, 0.15) is 12.4 Å². The molecule has 6 nitrogen and oxygen atoms in total. The number of carbonyl (C=O) groups is 2. The fourth-order valence-electron chi connectivity index (χ4n) is 2.30. The molecule has 118 valence electrons. The van der Waals surface area contributed by atoms with Crippen molar-refractivity contribution in [2.75, 3.05) is 13.2 Å². The van der Waals surface area contributed by atoms with Crippen LogP contribution in [0.25, 0.3) is 0 Å². The predicted molar refractivity (Wildman–Crippen MR) is 85.9 cm³/mol. The van der Waals surface area contributed by atoms with Crippen molar-refractivity contribution < 1.29 is 18.7 Å². The molecule has 0 saturated heterocycles. The van der Waals surface area contributed by atoms with E-state index in [2.05, 4.69) is 5.32 Å². The Morgan fingerprint density at radius 1 is 1.13 bits per heavy atom. The molecule has 1 aromatic carbocycles. The van der Waals surface area contributed by atoms with Crippen molar-refractivity contribution in [1.82, 2.24) is 10.2 Å². The van der Waals surface area contributed by atoms with E-state index in [4.69, 9.17) is 21.4 Å². The van der Waals surface area contributed by atoms with E-state index >= 15 is 0 Å². The van der Waals surface area contributed by atoms with Crippen LogP contribution in [0.2, 0.25) is 0 Å². The lowest BCUT2D eigenvalue weighted by Gasteiger charge is -2.15. The Morgan fingerprint density at radius 2 is 1.83 bits per heavy atom. The van der Waals surface area contributed by atoms with Gasteiger partial charge in [-0.3, -0.25) is 14.5 Å². The van der Waals surface area contributed by atoms with E-state index in [0.717, 1.165) is 5.76 Å². The number of hydrogen-bond donors (Lipinski definition) is 1. The third-order valence-corrected chi connectivity index (χ3v) is 3.68. The van der Waals surface area contributed by atoms with Crippen LogP contribution in [0.15, 0.2) is 47.1 Å². The molecule has 1 aliphatic heterocycles. The standard InChI is InChI=1S/C16H14N2O4S/c19-14-12-5-1-2-6-13(12)15(20)18(14)7-9-22-16(23)17-10-11-4-3-8-21-11/h1-6,8H,7,9-10H2,(H,17,23). The Balaban J connectivity index is 1.47. The van der Waals surface area contributed by atoms with Crippen molar-refractivity contribution >= 4 is 29.2 Å². The Labute approximate surface area is 138 Å². The van der Waals surface area contributed by atoms with Gasteiger partial charge in [-0.05, 0) is 36.5 Å². The molecule has 2 aromatic rings. The third-order valence-electron chi connectivity index (χ3n) is 3.41. The first-order valence-corrected chi connectivity index (χ1v) is 7.46. The first kappa shape index (κ1) is 15.2. The summed E-state index contributed by atoms with van der Waals surface area (Å²) in [4.78, 5) is 25.5. The molecule has 2 amide bonds. The Hall–Kier alpha value is -2.67. The molecule has 1 aromatic heterocycles. The van der Waals surface area contributed by atoms with Gasteiger partial charge in [0.2, 0.25) is 0 Å². The van der Waals surface area contributed by atoms with Gasteiger partial charge in [0.25, 0.3) is 17.0 Å². The van der Waals surface area contributed by atoms with Crippen LogP contribution < -0.4 is 5.32 Å². The molecule has 2 heterocycles. The molecule has 23 heavy (non-hydrogen) atoms. The summed E-state index contributed by atoms with van der Waals surface area (Å²) in [5.74, 6) is 0.128. The highest BCUT2D eigenvalue weighted by molar-refractivity contribution is 7.80. The van der Waals surface area contributed by atoms with Gasteiger partial charge < -0.3 is 14.5 Å². The normalized spacial score (nSPS) is 13.1. The topological polar surface area (TPSA) is 71.8 Å². The second-order valence-electron chi connectivity index (χ2n) is 4.88. The summed E-state index contributed by atoms with van der Waals surface area (Å²) in [6.07, 6.45) is 1.57. The zero-order valence-electron chi connectivity index (χ0n) is 12.2.